The van der Waals surface area contributed by atoms with Gasteiger partial charge in [-0.15, -0.1) is 109 Å². The van der Waals surface area contributed by atoms with E-state index in [2.05, 4.69) is 228 Å². The molecule has 0 aliphatic heterocycles. The molecular weight excluding hydrogens is 2450 g/mol. The van der Waals surface area contributed by atoms with E-state index in [-0.39, 0.29) is 115 Å². The molecule has 0 saturated carbocycles. The number of aliphatic hydroxyl groups is 3. The summed E-state index contributed by atoms with van der Waals surface area (Å²) in [7, 11) is 0. The molecule has 0 atom stereocenters. The zero-order valence-electron chi connectivity index (χ0n) is 77.7. The van der Waals surface area contributed by atoms with Crippen LogP contribution in [0.2, 0.25) is 0 Å². The molecule has 0 unspecified atom stereocenters. The van der Waals surface area contributed by atoms with Crippen LogP contribution >= 0.6 is 0 Å². The Morgan fingerprint density at radius 3 is 0.857 bits per heavy atom. The number of aliphatic hydroxyl groups excluding tert-OH is 3. The van der Waals surface area contributed by atoms with Gasteiger partial charge in [-0.05, 0) is 189 Å². The second-order valence-corrected chi connectivity index (χ2v) is 32.1. The van der Waals surface area contributed by atoms with Gasteiger partial charge in [-0.25, -0.2) is 0 Å². The first-order valence-electron chi connectivity index (χ1n) is 44.1. The standard InChI is InChI=1S/3C24H16NO.C23H14NO.C11H8N.3C5H8O2.4Ir/c2*1-16-9-11-17(12-10-16)18-13-14-25-22(15-18)21-7-4-6-20-19-5-2-3-8-23(19)26-24(20)21;1-16-7-5-10-19-20-11-6-12-21(24(20)26-23(16)19)22-15-18(13-14-25-22)17-8-3-2-4-9-17;1-2-7-16(8-3-1)17-13-14-24-21(15-17)20-11-6-10-19-18-9-4-5-12-22(18)25-23(19)20;1-2-6-10(7-3-1)11-8-4-5-9-12-11;3*1-4(6)3-5(2)7;;;;/h2*2-6,8-15H,1H3;2-11,13-15H,1H3;1-10,12-15H;1-6,8-9H;3*3,6H,1-2H3;;;;/q5*-1;;;;;;;. The summed E-state index contributed by atoms with van der Waals surface area (Å²) in [6.07, 6.45) is 12.7. The molecule has 0 fully saturated rings. The number of ketones is 3. The summed E-state index contributed by atoms with van der Waals surface area (Å²) in [5.74, 6) is -0.187. The normalized spacial score (nSPS) is 10.8. The van der Waals surface area contributed by atoms with E-state index in [1.807, 2.05) is 213 Å². The molecule has 0 aliphatic carbocycles. The van der Waals surface area contributed by atoms with Crippen LogP contribution in [0.1, 0.15) is 58.2 Å². The molecule has 9 aromatic heterocycles. The van der Waals surface area contributed by atoms with E-state index in [1.54, 1.807) is 6.20 Å². The molecular formula is C121H94Ir4N5O10-5. The first kappa shape index (κ1) is 105. The molecule has 140 heavy (non-hydrogen) atoms. The SMILES string of the molecule is CC(=O)C=C(C)O.CC(=O)C=C(C)O.CC(=O)C=C(C)O.Cc1ccc(-c2ccnc(-c3[c-]ccc4c3oc3ccccc34)c2)cc1.Cc1ccc(-c2ccnc(-c3[c-]ccc4c3oc3ccccc34)c2)cc1.Cc1cccc2c1oc1c(-c3cc(-c4ccccc4)ccn3)[c-]ccc12.[Ir].[Ir].[Ir].[Ir].[c-]1ccc2c(oc3ccccc32)c1-c1cc(-c2ccccc2)ccn1.[c-]1ccccc1-c1ccccn1. The summed E-state index contributed by atoms with van der Waals surface area (Å²) in [6.45, 7) is 14.8. The second kappa shape index (κ2) is 50.9. The minimum Gasteiger partial charge on any atom is -0.512 e. The van der Waals surface area contributed by atoms with Crippen LogP contribution in [0.4, 0.5) is 0 Å². The smallest absolute Gasteiger partial charge is 0.155 e. The van der Waals surface area contributed by atoms with Gasteiger partial charge in [0.2, 0.25) is 0 Å². The fourth-order valence-electron chi connectivity index (χ4n) is 15.4. The fourth-order valence-corrected chi connectivity index (χ4v) is 15.4. The number of benzene rings is 13. The molecule has 19 heteroatoms. The van der Waals surface area contributed by atoms with Crippen LogP contribution in [-0.4, -0.2) is 57.6 Å². The van der Waals surface area contributed by atoms with E-state index in [9.17, 15) is 14.4 Å². The average Bonchev–Trinajstić information content (AvgIpc) is 1.60. The molecule has 0 spiro atoms. The van der Waals surface area contributed by atoms with Crippen molar-refractivity contribution in [2.24, 2.45) is 0 Å². The molecule has 13 aromatic carbocycles. The van der Waals surface area contributed by atoms with Crippen LogP contribution in [0.3, 0.4) is 0 Å². The number of hydrogen-bond acceptors (Lipinski definition) is 15. The predicted octanol–water partition coefficient (Wildman–Crippen LogP) is 31.0. The van der Waals surface area contributed by atoms with Gasteiger partial charge >= 0.3 is 0 Å². The Balaban J connectivity index is 0.000000160. The maximum atomic E-state index is 10.0. The molecule has 0 saturated heterocycles. The van der Waals surface area contributed by atoms with Crippen molar-refractivity contribution in [3.8, 4) is 101 Å². The van der Waals surface area contributed by atoms with E-state index in [4.69, 9.17) is 33.0 Å². The number of pyridine rings is 5. The Bertz CT molecular complexity index is 7750. The van der Waals surface area contributed by atoms with Crippen molar-refractivity contribution in [3.63, 3.8) is 0 Å². The number of allylic oxidation sites excluding steroid dienone is 6. The first-order valence-corrected chi connectivity index (χ1v) is 44.1. The Morgan fingerprint density at radius 1 is 0.250 bits per heavy atom. The van der Waals surface area contributed by atoms with Gasteiger partial charge in [0.05, 0.1) is 39.6 Å². The Labute approximate surface area is 866 Å². The topological polar surface area (TPSA) is 229 Å². The van der Waals surface area contributed by atoms with Crippen LogP contribution in [-0.2, 0) is 94.8 Å². The number of rotatable bonds is 12. The molecule has 0 amide bonds. The summed E-state index contributed by atoms with van der Waals surface area (Å²) in [5.41, 5.74) is 28.9. The summed E-state index contributed by atoms with van der Waals surface area (Å²) < 4.78 is 24.6. The van der Waals surface area contributed by atoms with Crippen molar-refractivity contribution in [2.45, 2.75) is 62.3 Å². The van der Waals surface area contributed by atoms with Gasteiger partial charge in [-0.3, -0.25) is 14.4 Å². The molecule has 4 radical (unpaired) electrons. The van der Waals surface area contributed by atoms with E-state index in [0.29, 0.717) is 0 Å². The van der Waals surface area contributed by atoms with Crippen molar-refractivity contribution in [3.05, 3.63) is 453 Å². The first-order chi connectivity index (χ1) is 66.1. The van der Waals surface area contributed by atoms with Gasteiger partial charge in [0.15, 0.2) is 17.3 Å². The van der Waals surface area contributed by atoms with E-state index in [1.165, 1.54) is 93.2 Å². The molecule has 0 aliphatic rings. The maximum Gasteiger partial charge on any atom is 0.155 e. The third-order valence-electron chi connectivity index (χ3n) is 21.6. The molecule has 9 heterocycles. The summed E-state index contributed by atoms with van der Waals surface area (Å²) in [6, 6.07) is 131. The van der Waals surface area contributed by atoms with Gasteiger partial charge < -0.3 is 57.9 Å². The number of furan rings is 4. The predicted molar refractivity (Wildman–Crippen MR) is 549 cm³/mol. The number of carbonyl (C=O) groups excluding carboxylic acids is 3. The van der Waals surface area contributed by atoms with E-state index < -0.39 is 0 Å². The van der Waals surface area contributed by atoms with Crippen molar-refractivity contribution in [2.75, 3.05) is 0 Å². The van der Waals surface area contributed by atoms with Crippen LogP contribution in [0.25, 0.3) is 189 Å². The third-order valence-corrected chi connectivity index (χ3v) is 21.6. The van der Waals surface area contributed by atoms with Crippen LogP contribution in [0, 0.1) is 51.1 Å². The number of fused-ring (bicyclic) bond motifs is 12. The van der Waals surface area contributed by atoms with Crippen LogP contribution < -0.4 is 0 Å². The zero-order valence-corrected chi connectivity index (χ0v) is 87.3. The van der Waals surface area contributed by atoms with Gasteiger partial charge in [0.25, 0.3) is 0 Å². The Morgan fingerprint density at radius 2 is 0.543 bits per heavy atom. The van der Waals surface area contributed by atoms with Gasteiger partial charge in [0, 0.05) is 151 Å². The number of para-hydroxylation sites is 4. The number of aryl methyl sites for hydroxylation is 3. The molecule has 15 nitrogen and oxygen atoms in total. The van der Waals surface area contributed by atoms with Gasteiger partial charge in [-0.1, -0.05) is 273 Å². The minimum absolute atomic E-state index is 0. The number of aromatic nitrogens is 5. The fraction of sp³-hybridized carbons (Fsp3) is 0.0744. The summed E-state index contributed by atoms with van der Waals surface area (Å²) in [5, 5.41) is 34.0. The molecule has 0 bridgehead atoms. The van der Waals surface area contributed by atoms with Crippen molar-refractivity contribution in [1.82, 2.24) is 24.9 Å². The zero-order chi connectivity index (χ0) is 95.0. The summed E-state index contributed by atoms with van der Waals surface area (Å²) >= 11 is 0. The van der Waals surface area contributed by atoms with Crippen molar-refractivity contribution in [1.29, 1.82) is 0 Å². The van der Waals surface area contributed by atoms with Gasteiger partial charge in [-0.2, -0.15) is 0 Å². The largest absolute Gasteiger partial charge is 0.512 e. The number of hydrogen-bond donors (Lipinski definition) is 3. The third kappa shape index (κ3) is 27.1. The molecule has 22 aromatic rings. The Hall–Kier alpha value is -15.0. The van der Waals surface area contributed by atoms with Crippen LogP contribution in [0.5, 0.6) is 0 Å². The summed E-state index contributed by atoms with van der Waals surface area (Å²) in [4.78, 5) is 52.6. The quantitative estimate of drug-likeness (QED) is 0.0587. The second-order valence-electron chi connectivity index (χ2n) is 32.1. The van der Waals surface area contributed by atoms with Gasteiger partial charge in [0.1, 0.15) is 22.3 Å². The van der Waals surface area contributed by atoms with Crippen molar-refractivity contribution < 1.29 is 128 Å². The van der Waals surface area contributed by atoms with Crippen molar-refractivity contribution >= 4 is 105 Å². The molecule has 22 rings (SSSR count). The minimum atomic E-state index is -0.125. The van der Waals surface area contributed by atoms with Crippen LogP contribution in [0.15, 0.2) is 424 Å². The number of carbonyl (C=O) groups is 3. The monoisotopic (exact) mass is 2550 g/mol. The Kier molecular flexibility index (Phi) is 38.4. The number of nitrogens with zero attached hydrogens (tertiary/aromatic N) is 5. The molecule has 704 valence electrons. The van der Waals surface area contributed by atoms with E-state index in [0.717, 1.165) is 172 Å². The average molecular weight is 2550 g/mol. The van der Waals surface area contributed by atoms with E-state index >= 15 is 0 Å². The maximum absolute atomic E-state index is 10.0. The molecule has 3 N–H and O–H groups in total.